The summed E-state index contributed by atoms with van der Waals surface area (Å²) < 4.78 is 0. The van der Waals surface area contributed by atoms with Crippen LogP contribution in [0, 0.1) is 5.92 Å². The normalized spacial score (nSPS) is 23.1. The Morgan fingerprint density at radius 3 is 2.58 bits per heavy atom. The van der Waals surface area contributed by atoms with Crippen molar-refractivity contribution in [1.29, 1.82) is 0 Å². The number of carbonyl (C=O) groups is 1. The standard InChI is InChI=1S/C15H21ClN2O/c1-2-10-3-5-14(6-4-10)18-15(19)11-7-12(16)9-13(17)8-11/h7-10,14H,2-6,17H2,1H3,(H,18,19). The van der Waals surface area contributed by atoms with E-state index in [1.54, 1.807) is 18.2 Å². The fourth-order valence-corrected chi connectivity index (χ4v) is 2.97. The number of benzene rings is 1. The summed E-state index contributed by atoms with van der Waals surface area (Å²) in [6, 6.07) is 5.25. The first-order valence-electron chi connectivity index (χ1n) is 6.95. The fraction of sp³-hybridized carbons (Fsp3) is 0.533. The number of amides is 1. The van der Waals surface area contributed by atoms with E-state index < -0.39 is 0 Å². The summed E-state index contributed by atoms with van der Waals surface area (Å²) in [6.07, 6.45) is 5.80. The van der Waals surface area contributed by atoms with Gasteiger partial charge in [0.1, 0.15) is 0 Å². The number of rotatable bonds is 3. The van der Waals surface area contributed by atoms with Gasteiger partial charge in [-0.25, -0.2) is 0 Å². The Kier molecular flexibility index (Phi) is 4.70. The third-order valence-corrected chi connectivity index (χ3v) is 4.16. The molecule has 0 aromatic heterocycles. The molecule has 1 aliphatic carbocycles. The largest absolute Gasteiger partial charge is 0.399 e. The molecule has 1 aromatic carbocycles. The minimum atomic E-state index is -0.0749. The Labute approximate surface area is 119 Å². The second-order valence-corrected chi connectivity index (χ2v) is 5.81. The third kappa shape index (κ3) is 3.87. The molecule has 4 heteroatoms. The van der Waals surface area contributed by atoms with Crippen molar-refractivity contribution in [2.75, 3.05) is 5.73 Å². The van der Waals surface area contributed by atoms with Crippen molar-refractivity contribution in [2.45, 2.75) is 45.1 Å². The number of hydrogen-bond acceptors (Lipinski definition) is 2. The van der Waals surface area contributed by atoms with Crippen molar-refractivity contribution in [1.82, 2.24) is 5.32 Å². The summed E-state index contributed by atoms with van der Waals surface area (Å²) in [7, 11) is 0. The summed E-state index contributed by atoms with van der Waals surface area (Å²) >= 11 is 5.91. The Morgan fingerprint density at radius 1 is 1.32 bits per heavy atom. The first kappa shape index (κ1) is 14.2. The molecular formula is C15H21ClN2O. The van der Waals surface area contributed by atoms with Crippen LogP contribution in [0.3, 0.4) is 0 Å². The number of anilines is 1. The molecule has 1 aromatic rings. The number of hydrogen-bond donors (Lipinski definition) is 2. The molecule has 19 heavy (non-hydrogen) atoms. The molecule has 1 fully saturated rings. The van der Waals surface area contributed by atoms with E-state index in [1.807, 2.05) is 0 Å². The van der Waals surface area contributed by atoms with Crippen LogP contribution in [0.4, 0.5) is 5.69 Å². The molecule has 0 bridgehead atoms. The molecule has 0 aliphatic heterocycles. The lowest BCUT2D eigenvalue weighted by Gasteiger charge is -2.28. The molecule has 1 amide bonds. The second-order valence-electron chi connectivity index (χ2n) is 5.37. The van der Waals surface area contributed by atoms with Crippen molar-refractivity contribution < 1.29 is 4.79 Å². The number of nitrogens with two attached hydrogens (primary N) is 1. The summed E-state index contributed by atoms with van der Waals surface area (Å²) in [5, 5.41) is 3.58. The van der Waals surface area contributed by atoms with E-state index in [4.69, 9.17) is 17.3 Å². The molecular weight excluding hydrogens is 260 g/mol. The molecule has 2 rings (SSSR count). The molecule has 0 saturated heterocycles. The Hall–Kier alpha value is -1.22. The van der Waals surface area contributed by atoms with Gasteiger partial charge in [0.05, 0.1) is 0 Å². The molecule has 0 atom stereocenters. The SMILES string of the molecule is CCC1CCC(NC(=O)c2cc(N)cc(Cl)c2)CC1. The van der Waals surface area contributed by atoms with E-state index in [0.717, 1.165) is 18.8 Å². The predicted octanol–water partition coefficient (Wildman–Crippen LogP) is 3.62. The van der Waals surface area contributed by atoms with Crippen LogP contribution in [-0.2, 0) is 0 Å². The minimum absolute atomic E-state index is 0.0749. The van der Waals surface area contributed by atoms with Crippen LogP contribution in [0.5, 0.6) is 0 Å². The van der Waals surface area contributed by atoms with Gasteiger partial charge in [-0.2, -0.15) is 0 Å². The first-order chi connectivity index (χ1) is 9.08. The van der Waals surface area contributed by atoms with Crippen LogP contribution in [0.1, 0.15) is 49.4 Å². The molecule has 0 heterocycles. The predicted molar refractivity (Wildman–Crippen MR) is 79.4 cm³/mol. The number of nitrogens with one attached hydrogen (secondary N) is 1. The quantitative estimate of drug-likeness (QED) is 0.831. The van der Waals surface area contributed by atoms with E-state index in [0.29, 0.717) is 16.3 Å². The maximum absolute atomic E-state index is 12.1. The second kappa shape index (κ2) is 6.29. The van der Waals surface area contributed by atoms with Crippen LogP contribution in [0.15, 0.2) is 18.2 Å². The molecule has 0 radical (unpaired) electrons. The topological polar surface area (TPSA) is 55.1 Å². The number of carbonyl (C=O) groups excluding carboxylic acids is 1. The van der Waals surface area contributed by atoms with E-state index in [2.05, 4.69) is 12.2 Å². The maximum atomic E-state index is 12.1. The highest BCUT2D eigenvalue weighted by molar-refractivity contribution is 6.31. The van der Waals surface area contributed by atoms with Crippen LogP contribution in [-0.4, -0.2) is 11.9 Å². The molecule has 3 nitrogen and oxygen atoms in total. The van der Waals surface area contributed by atoms with Crippen molar-refractivity contribution in [3.05, 3.63) is 28.8 Å². The van der Waals surface area contributed by atoms with Gasteiger partial charge >= 0.3 is 0 Å². The van der Waals surface area contributed by atoms with Gasteiger partial charge in [-0.05, 0) is 49.8 Å². The Morgan fingerprint density at radius 2 is 2.00 bits per heavy atom. The van der Waals surface area contributed by atoms with Gasteiger partial charge < -0.3 is 11.1 Å². The third-order valence-electron chi connectivity index (χ3n) is 3.94. The molecule has 1 saturated carbocycles. The Balaban J connectivity index is 1.94. The van der Waals surface area contributed by atoms with Gasteiger partial charge in [-0.15, -0.1) is 0 Å². The van der Waals surface area contributed by atoms with Crippen LogP contribution in [0.2, 0.25) is 5.02 Å². The van der Waals surface area contributed by atoms with E-state index in [1.165, 1.54) is 19.3 Å². The van der Waals surface area contributed by atoms with Gasteiger partial charge in [0.15, 0.2) is 0 Å². The van der Waals surface area contributed by atoms with Crippen molar-refractivity contribution in [3.8, 4) is 0 Å². The minimum Gasteiger partial charge on any atom is -0.399 e. The van der Waals surface area contributed by atoms with Gasteiger partial charge in [0, 0.05) is 22.3 Å². The zero-order valence-electron chi connectivity index (χ0n) is 11.3. The highest BCUT2D eigenvalue weighted by Crippen LogP contribution is 2.26. The molecule has 3 N–H and O–H groups in total. The highest BCUT2D eigenvalue weighted by atomic mass is 35.5. The van der Waals surface area contributed by atoms with E-state index >= 15 is 0 Å². The zero-order valence-corrected chi connectivity index (χ0v) is 12.0. The molecule has 0 spiro atoms. The van der Waals surface area contributed by atoms with Crippen molar-refractivity contribution in [2.24, 2.45) is 5.92 Å². The van der Waals surface area contributed by atoms with Crippen molar-refractivity contribution >= 4 is 23.2 Å². The van der Waals surface area contributed by atoms with E-state index in [-0.39, 0.29) is 11.9 Å². The van der Waals surface area contributed by atoms with E-state index in [9.17, 15) is 4.79 Å². The van der Waals surface area contributed by atoms with Crippen LogP contribution in [0.25, 0.3) is 0 Å². The average molecular weight is 281 g/mol. The Bertz CT molecular complexity index is 433. The van der Waals surface area contributed by atoms with Crippen LogP contribution < -0.4 is 11.1 Å². The molecule has 1 aliphatic rings. The molecule has 104 valence electrons. The summed E-state index contributed by atoms with van der Waals surface area (Å²) in [5.74, 6) is 0.754. The number of nitrogen functional groups attached to an aromatic ring is 1. The lowest BCUT2D eigenvalue weighted by molar-refractivity contribution is 0.0921. The summed E-state index contributed by atoms with van der Waals surface area (Å²) in [5.41, 5.74) is 6.77. The number of halogens is 1. The summed E-state index contributed by atoms with van der Waals surface area (Å²) in [4.78, 5) is 12.1. The first-order valence-corrected chi connectivity index (χ1v) is 7.33. The lowest BCUT2D eigenvalue weighted by atomic mass is 9.84. The van der Waals surface area contributed by atoms with Gasteiger partial charge in [-0.3, -0.25) is 4.79 Å². The smallest absolute Gasteiger partial charge is 0.251 e. The summed E-state index contributed by atoms with van der Waals surface area (Å²) in [6.45, 7) is 2.23. The fourth-order valence-electron chi connectivity index (χ4n) is 2.73. The maximum Gasteiger partial charge on any atom is 0.251 e. The molecule has 0 unspecified atom stereocenters. The average Bonchev–Trinajstić information content (AvgIpc) is 2.38. The lowest BCUT2D eigenvalue weighted by Crippen LogP contribution is -2.37. The van der Waals surface area contributed by atoms with Crippen LogP contribution >= 0.6 is 11.6 Å². The van der Waals surface area contributed by atoms with Gasteiger partial charge in [-0.1, -0.05) is 24.9 Å². The van der Waals surface area contributed by atoms with Gasteiger partial charge in [0.25, 0.3) is 5.91 Å². The monoisotopic (exact) mass is 280 g/mol. The highest BCUT2D eigenvalue weighted by Gasteiger charge is 2.21. The zero-order chi connectivity index (χ0) is 13.8. The van der Waals surface area contributed by atoms with Crippen molar-refractivity contribution in [3.63, 3.8) is 0 Å². The van der Waals surface area contributed by atoms with Gasteiger partial charge in [0.2, 0.25) is 0 Å².